The number of aromatic nitrogens is 2. The maximum absolute atomic E-state index is 11.9. The highest BCUT2D eigenvalue weighted by Gasteiger charge is 2.04. The highest BCUT2D eigenvalue weighted by Crippen LogP contribution is 2.14. The predicted octanol–water partition coefficient (Wildman–Crippen LogP) is 2.73. The molecule has 0 spiro atoms. The molecule has 2 aromatic rings. The monoisotopic (exact) mass is 298 g/mol. The molecule has 0 aliphatic heterocycles. The number of nitrogens with zero attached hydrogens (tertiary/aromatic N) is 2. The fourth-order valence-electron chi connectivity index (χ4n) is 1.50. The third-order valence-corrected chi connectivity index (χ3v) is 3.56. The van der Waals surface area contributed by atoms with Crippen molar-refractivity contribution in [2.45, 2.75) is 20.4 Å². The van der Waals surface area contributed by atoms with Crippen LogP contribution in [0.1, 0.15) is 15.4 Å². The molecular weight excluding hydrogens is 288 g/mol. The first-order chi connectivity index (χ1) is 7.56. The molecule has 0 fully saturated rings. The molecule has 0 unspecified atom stereocenters. The van der Waals surface area contributed by atoms with E-state index < -0.39 is 0 Å². The Labute approximate surface area is 106 Å². The molecule has 0 radical (unpaired) electrons. The highest BCUT2D eigenvalue weighted by molar-refractivity contribution is 9.10. The van der Waals surface area contributed by atoms with Crippen LogP contribution in [0.4, 0.5) is 0 Å². The molecule has 2 aromatic heterocycles. The van der Waals surface area contributed by atoms with Gasteiger partial charge < -0.3 is 4.57 Å². The number of aryl methyl sites for hydroxylation is 2. The fraction of sp³-hybridized carbons (Fsp3) is 0.273. The van der Waals surface area contributed by atoms with E-state index in [-0.39, 0.29) is 5.56 Å². The summed E-state index contributed by atoms with van der Waals surface area (Å²) in [6.45, 7) is 4.37. The van der Waals surface area contributed by atoms with Crippen LogP contribution in [-0.4, -0.2) is 9.55 Å². The van der Waals surface area contributed by atoms with Crippen LogP contribution in [0.2, 0.25) is 0 Å². The van der Waals surface area contributed by atoms with Gasteiger partial charge >= 0.3 is 0 Å². The zero-order chi connectivity index (χ0) is 11.7. The van der Waals surface area contributed by atoms with E-state index in [1.54, 1.807) is 15.9 Å². The molecule has 0 saturated heterocycles. The summed E-state index contributed by atoms with van der Waals surface area (Å²) < 4.78 is 2.62. The SMILES string of the molecule is Cc1ncc(Cn2cc(Br)cc(C)c2=O)s1. The lowest BCUT2D eigenvalue weighted by Crippen LogP contribution is -2.21. The largest absolute Gasteiger partial charge is 0.309 e. The average Bonchev–Trinajstić information content (AvgIpc) is 2.60. The highest BCUT2D eigenvalue weighted by atomic mass is 79.9. The Hall–Kier alpha value is -0.940. The second kappa shape index (κ2) is 4.51. The first-order valence-corrected chi connectivity index (χ1v) is 6.45. The van der Waals surface area contributed by atoms with E-state index in [0.717, 1.165) is 19.9 Å². The van der Waals surface area contributed by atoms with Crippen LogP contribution < -0.4 is 5.56 Å². The minimum absolute atomic E-state index is 0.0502. The third kappa shape index (κ3) is 2.41. The summed E-state index contributed by atoms with van der Waals surface area (Å²) in [5.74, 6) is 0. The molecule has 0 atom stereocenters. The number of hydrogen-bond donors (Lipinski definition) is 0. The van der Waals surface area contributed by atoms with Gasteiger partial charge in [-0.15, -0.1) is 11.3 Å². The van der Waals surface area contributed by atoms with E-state index in [9.17, 15) is 4.79 Å². The van der Waals surface area contributed by atoms with E-state index in [1.165, 1.54) is 0 Å². The van der Waals surface area contributed by atoms with Gasteiger partial charge in [0.1, 0.15) is 0 Å². The summed E-state index contributed by atoms with van der Waals surface area (Å²) in [5, 5.41) is 1.02. The molecular formula is C11H11BrN2OS. The van der Waals surface area contributed by atoms with Crippen LogP contribution >= 0.6 is 27.3 Å². The first kappa shape index (κ1) is 11.5. The standard InChI is InChI=1S/C11H11BrN2OS/c1-7-3-9(12)5-14(11(7)15)6-10-4-13-8(2)16-10/h3-5H,6H2,1-2H3. The molecule has 0 amide bonds. The Morgan fingerprint density at radius 3 is 2.88 bits per heavy atom. The zero-order valence-electron chi connectivity index (χ0n) is 9.03. The molecule has 2 heterocycles. The van der Waals surface area contributed by atoms with Crippen molar-refractivity contribution in [2.75, 3.05) is 0 Å². The van der Waals surface area contributed by atoms with Crippen LogP contribution in [0.15, 0.2) is 27.7 Å². The number of hydrogen-bond acceptors (Lipinski definition) is 3. The lowest BCUT2D eigenvalue weighted by atomic mass is 10.3. The Morgan fingerprint density at radius 2 is 2.25 bits per heavy atom. The molecule has 5 heteroatoms. The average molecular weight is 299 g/mol. The van der Waals surface area contributed by atoms with Gasteiger partial charge in [-0.2, -0.15) is 0 Å². The fourth-order valence-corrected chi connectivity index (χ4v) is 2.89. The Kier molecular flexibility index (Phi) is 3.25. The van der Waals surface area contributed by atoms with Crippen molar-refractivity contribution in [1.29, 1.82) is 0 Å². The van der Waals surface area contributed by atoms with Gasteiger partial charge in [-0.05, 0) is 35.8 Å². The van der Waals surface area contributed by atoms with Crippen molar-refractivity contribution in [1.82, 2.24) is 9.55 Å². The smallest absolute Gasteiger partial charge is 0.253 e. The van der Waals surface area contributed by atoms with E-state index in [0.29, 0.717) is 6.54 Å². The molecule has 16 heavy (non-hydrogen) atoms. The maximum Gasteiger partial charge on any atom is 0.253 e. The van der Waals surface area contributed by atoms with Gasteiger partial charge in [0.05, 0.1) is 11.6 Å². The van der Waals surface area contributed by atoms with E-state index in [4.69, 9.17) is 0 Å². The molecule has 0 aliphatic carbocycles. The molecule has 2 rings (SSSR count). The number of pyridine rings is 1. The van der Waals surface area contributed by atoms with Gasteiger partial charge in [-0.1, -0.05) is 0 Å². The van der Waals surface area contributed by atoms with Gasteiger partial charge in [-0.25, -0.2) is 4.98 Å². The second-order valence-corrected chi connectivity index (χ2v) is 5.85. The van der Waals surface area contributed by atoms with E-state index >= 15 is 0 Å². The minimum Gasteiger partial charge on any atom is -0.309 e. The Balaban J connectivity index is 2.38. The van der Waals surface area contributed by atoms with Crippen LogP contribution in [0.25, 0.3) is 0 Å². The van der Waals surface area contributed by atoms with Crippen LogP contribution in [-0.2, 0) is 6.54 Å². The molecule has 0 N–H and O–H groups in total. The lowest BCUT2D eigenvalue weighted by molar-refractivity contribution is 0.757. The quantitative estimate of drug-likeness (QED) is 0.854. The summed E-state index contributed by atoms with van der Waals surface area (Å²) in [6, 6.07) is 1.83. The van der Waals surface area contributed by atoms with Crippen molar-refractivity contribution >= 4 is 27.3 Å². The third-order valence-electron chi connectivity index (χ3n) is 2.23. The number of halogens is 1. The van der Waals surface area contributed by atoms with Gasteiger partial charge in [0.25, 0.3) is 5.56 Å². The van der Waals surface area contributed by atoms with Crippen molar-refractivity contribution < 1.29 is 0 Å². The predicted molar refractivity (Wildman–Crippen MR) is 69.1 cm³/mol. The van der Waals surface area contributed by atoms with Gasteiger partial charge in [0.15, 0.2) is 0 Å². The second-order valence-electron chi connectivity index (χ2n) is 3.62. The molecule has 3 nitrogen and oxygen atoms in total. The Morgan fingerprint density at radius 1 is 1.50 bits per heavy atom. The Bertz CT molecular complexity index is 574. The summed E-state index contributed by atoms with van der Waals surface area (Å²) in [4.78, 5) is 17.1. The molecule has 0 aromatic carbocycles. The maximum atomic E-state index is 11.9. The molecule has 84 valence electrons. The topological polar surface area (TPSA) is 34.9 Å². The van der Waals surface area contributed by atoms with Gasteiger partial charge in [0.2, 0.25) is 0 Å². The van der Waals surface area contributed by atoms with Crippen molar-refractivity contribution in [2.24, 2.45) is 0 Å². The number of rotatable bonds is 2. The summed E-state index contributed by atoms with van der Waals surface area (Å²) in [7, 11) is 0. The molecule has 0 saturated carbocycles. The van der Waals surface area contributed by atoms with Crippen molar-refractivity contribution in [3.05, 3.63) is 48.7 Å². The van der Waals surface area contributed by atoms with Crippen molar-refractivity contribution in [3.8, 4) is 0 Å². The van der Waals surface area contributed by atoms with E-state index in [1.807, 2.05) is 32.3 Å². The van der Waals surface area contributed by atoms with Crippen molar-refractivity contribution in [3.63, 3.8) is 0 Å². The summed E-state index contributed by atoms with van der Waals surface area (Å²) in [6.07, 6.45) is 3.63. The minimum atomic E-state index is 0.0502. The van der Waals surface area contributed by atoms with E-state index in [2.05, 4.69) is 20.9 Å². The summed E-state index contributed by atoms with van der Waals surface area (Å²) in [5.41, 5.74) is 0.796. The van der Waals surface area contributed by atoms with Crippen LogP contribution in [0, 0.1) is 13.8 Å². The number of thiazole rings is 1. The molecule has 0 bridgehead atoms. The lowest BCUT2D eigenvalue weighted by Gasteiger charge is -2.05. The van der Waals surface area contributed by atoms with Gasteiger partial charge in [-0.3, -0.25) is 4.79 Å². The van der Waals surface area contributed by atoms with Gasteiger partial charge in [0, 0.05) is 27.3 Å². The zero-order valence-corrected chi connectivity index (χ0v) is 11.4. The van der Waals surface area contributed by atoms with Crippen LogP contribution in [0.5, 0.6) is 0 Å². The normalized spacial score (nSPS) is 10.7. The first-order valence-electron chi connectivity index (χ1n) is 4.84. The summed E-state index contributed by atoms with van der Waals surface area (Å²) >= 11 is 5.01. The van der Waals surface area contributed by atoms with Crippen LogP contribution in [0.3, 0.4) is 0 Å². The molecule has 0 aliphatic rings.